The maximum Gasteiger partial charge on any atom is 0.0657 e. The zero-order valence-corrected chi connectivity index (χ0v) is 7.91. The van der Waals surface area contributed by atoms with Crippen LogP contribution in [0.15, 0.2) is 28.6 Å². The number of hydrogen-bond acceptors (Lipinski definition) is 2. The van der Waals surface area contributed by atoms with Gasteiger partial charge in [0, 0.05) is 41.6 Å². The maximum absolute atomic E-state index is 8.01. The predicted molar refractivity (Wildman–Crippen MR) is 59.2 cm³/mol. The minimum atomic E-state index is -3.22. The smallest absolute Gasteiger partial charge is 0.0657 e. The molecule has 0 aromatic heterocycles. The average Bonchev–Trinajstić information content (AvgIpc) is 2.44. The number of anilines is 1. The number of benzene rings is 1. The third-order valence-electron chi connectivity index (χ3n) is 1.27. The predicted octanol–water partition coefficient (Wildman–Crippen LogP) is 1.86. The Hall–Kier alpha value is -0.540. The molecule has 1 aromatic rings. The first kappa shape index (κ1) is 2.52. The van der Waals surface area contributed by atoms with Crippen LogP contribution in [0.4, 0.5) is 5.69 Å². The summed E-state index contributed by atoms with van der Waals surface area (Å²) in [5.41, 5.74) is -0.822. The Morgan fingerprint density at radius 2 is 2.23 bits per heavy atom. The van der Waals surface area contributed by atoms with Crippen molar-refractivity contribution < 1.29 is 16.4 Å². The summed E-state index contributed by atoms with van der Waals surface area (Å²) >= 11 is 2.86. The molecule has 13 heavy (non-hydrogen) atoms. The normalized spacial score (nSPS) is 46.4. The molecule has 0 radical (unpaired) electrons. The summed E-state index contributed by atoms with van der Waals surface area (Å²) in [7, 11) is 0. The molecule has 70 valence electrons. The maximum atomic E-state index is 8.01. The second-order valence-corrected chi connectivity index (χ2v) is 2.89. The molecule has 1 saturated heterocycles. The fourth-order valence-electron chi connectivity index (χ4n) is 0.762. The Labute approximate surface area is 104 Å². The summed E-state index contributed by atoms with van der Waals surface area (Å²) in [6.45, 7) is -12.6. The van der Waals surface area contributed by atoms with Crippen molar-refractivity contribution in [1.82, 2.24) is 5.32 Å². The Balaban J connectivity index is 2.92. The highest BCUT2D eigenvalue weighted by Gasteiger charge is 2.09. The third-order valence-corrected chi connectivity index (χ3v) is 1.66. The second kappa shape index (κ2) is 4.11. The molecule has 0 atom stereocenters. The van der Waals surface area contributed by atoms with E-state index in [0.717, 1.165) is 0 Å². The van der Waals surface area contributed by atoms with Gasteiger partial charge < -0.3 is 10.2 Å². The van der Waals surface area contributed by atoms with Crippen LogP contribution in [0.3, 0.4) is 0 Å². The molecule has 0 unspecified atom stereocenters. The summed E-state index contributed by atoms with van der Waals surface area (Å²) in [5.74, 6) is 0. The van der Waals surface area contributed by atoms with Crippen LogP contribution in [0.25, 0.3) is 0 Å². The molecule has 1 fully saturated rings. The second-order valence-electron chi connectivity index (χ2n) is 2.10. The van der Waals surface area contributed by atoms with Crippen LogP contribution < -0.4 is 10.2 Å². The van der Waals surface area contributed by atoms with E-state index in [1.54, 1.807) is 5.32 Å². The van der Waals surface area contributed by atoms with Gasteiger partial charge in [0.15, 0.2) is 0 Å². The Bertz CT molecular complexity index is 678. The van der Waals surface area contributed by atoms with Crippen LogP contribution in [0, 0.1) is 0 Å². The van der Waals surface area contributed by atoms with Crippen molar-refractivity contribution in [3.8, 4) is 0 Å². The first-order valence-electron chi connectivity index (χ1n) is 9.36. The van der Waals surface area contributed by atoms with E-state index >= 15 is 0 Å². The van der Waals surface area contributed by atoms with Crippen molar-refractivity contribution in [1.29, 1.82) is 0 Å². The molecule has 0 amide bonds. The summed E-state index contributed by atoms with van der Waals surface area (Å²) < 4.78 is 94.0. The minimum Gasteiger partial charge on any atom is -0.369 e. The molecule has 2 rings (SSSR count). The van der Waals surface area contributed by atoms with Crippen molar-refractivity contribution in [2.45, 2.75) is 0 Å². The van der Waals surface area contributed by atoms with Crippen LogP contribution >= 0.6 is 15.9 Å². The highest BCUT2D eigenvalue weighted by Crippen LogP contribution is 2.19. The van der Waals surface area contributed by atoms with E-state index in [0.29, 0.717) is 0 Å². The Morgan fingerprint density at radius 1 is 1.46 bits per heavy atom. The molecule has 1 heterocycles. The highest BCUT2D eigenvalue weighted by molar-refractivity contribution is 9.10. The number of hydrogen-bond donors (Lipinski definition) is 1. The fraction of sp³-hybridized carbons (Fsp3) is 0.400. The topological polar surface area (TPSA) is 15.3 Å². The van der Waals surface area contributed by atoms with Gasteiger partial charge in [-0.05, 0) is 18.1 Å². The standard InChI is InChI=1S/C10H13BrN2/c11-9-2-1-3-10(8-9)13-6-4-12-5-7-13/h1-3,8,12H,4-7H2/i1D,2D,3D,4D2,5D2,6D2,7D2,8D. The van der Waals surface area contributed by atoms with Gasteiger partial charge in [-0.3, -0.25) is 0 Å². The van der Waals surface area contributed by atoms with Gasteiger partial charge in [0.05, 0.1) is 11.0 Å². The molecule has 0 spiro atoms. The molecule has 1 N–H and O–H groups in total. The van der Waals surface area contributed by atoms with Crippen LogP contribution in [-0.4, -0.2) is 26.0 Å². The van der Waals surface area contributed by atoms with Gasteiger partial charge in [-0.15, -0.1) is 0 Å². The molecule has 1 aliphatic heterocycles. The van der Waals surface area contributed by atoms with Gasteiger partial charge in [0.2, 0.25) is 0 Å². The lowest BCUT2D eigenvalue weighted by atomic mass is 10.2. The average molecular weight is 253 g/mol. The number of halogens is 1. The van der Waals surface area contributed by atoms with Crippen molar-refractivity contribution >= 4 is 21.6 Å². The van der Waals surface area contributed by atoms with E-state index in [-0.39, 0.29) is 9.37 Å². The molecule has 3 heteroatoms. The number of rotatable bonds is 1. The van der Waals surface area contributed by atoms with E-state index in [1.807, 2.05) is 0 Å². The largest absolute Gasteiger partial charge is 0.369 e. The van der Waals surface area contributed by atoms with Crippen molar-refractivity contribution in [3.05, 3.63) is 28.6 Å². The van der Waals surface area contributed by atoms with E-state index in [4.69, 9.17) is 16.4 Å². The molecule has 0 aliphatic carbocycles. The van der Waals surface area contributed by atoms with Gasteiger partial charge in [-0.1, -0.05) is 22.0 Å². The van der Waals surface area contributed by atoms with Crippen LogP contribution in [0.2, 0.25) is 0 Å². The van der Waals surface area contributed by atoms with Gasteiger partial charge in [0.25, 0.3) is 0 Å². The zero-order valence-electron chi connectivity index (χ0n) is 18.3. The van der Waals surface area contributed by atoms with E-state index in [1.165, 1.54) is 0 Å². The van der Waals surface area contributed by atoms with Crippen molar-refractivity contribution in [3.63, 3.8) is 0 Å². The van der Waals surface area contributed by atoms with E-state index in [9.17, 15) is 0 Å². The lowest BCUT2D eigenvalue weighted by Gasteiger charge is -2.29. The molecule has 0 saturated carbocycles. The molecule has 1 aliphatic rings. The van der Waals surface area contributed by atoms with E-state index < -0.39 is 55.8 Å². The number of piperazine rings is 1. The lowest BCUT2D eigenvalue weighted by molar-refractivity contribution is 0.589. The first-order chi connectivity index (χ1) is 11.0. The highest BCUT2D eigenvalue weighted by atomic mass is 79.9. The summed E-state index contributed by atoms with van der Waals surface area (Å²) in [6.07, 6.45) is 0. The third kappa shape index (κ3) is 2.23. The first-order valence-corrected chi connectivity index (χ1v) is 4.15. The molecule has 2 nitrogen and oxygen atoms in total. The fourth-order valence-corrected chi connectivity index (χ4v) is 1.05. The van der Waals surface area contributed by atoms with Gasteiger partial charge in [0.1, 0.15) is 0 Å². The summed E-state index contributed by atoms with van der Waals surface area (Å²) in [5, 5.41) is 1.65. The number of nitrogens with one attached hydrogen (secondary N) is 1. The van der Waals surface area contributed by atoms with Crippen molar-refractivity contribution in [2.75, 3.05) is 30.9 Å². The molecule has 1 aromatic carbocycles. The summed E-state index contributed by atoms with van der Waals surface area (Å²) in [4.78, 5) is 0.0312. The van der Waals surface area contributed by atoms with Gasteiger partial charge in [-0.2, -0.15) is 0 Å². The van der Waals surface area contributed by atoms with Crippen LogP contribution in [0.1, 0.15) is 16.4 Å². The Morgan fingerprint density at radius 3 is 3.00 bits per heavy atom. The van der Waals surface area contributed by atoms with Crippen LogP contribution in [-0.2, 0) is 0 Å². The van der Waals surface area contributed by atoms with Gasteiger partial charge in [-0.25, -0.2) is 0 Å². The molecular weight excluding hydrogens is 228 g/mol. The lowest BCUT2D eigenvalue weighted by Crippen LogP contribution is -2.43. The molecule has 0 bridgehead atoms. The van der Waals surface area contributed by atoms with Gasteiger partial charge >= 0.3 is 0 Å². The minimum absolute atomic E-state index is 0.0312. The quantitative estimate of drug-likeness (QED) is 0.821. The number of nitrogens with zero attached hydrogens (tertiary/aromatic N) is 1. The SMILES string of the molecule is [2H]c1c([2H])c(Br)c([2H])c(N2C([2H])([2H])C([2H])([2H])NC([2H])([2H])C2([2H])[2H])c1[2H]. The van der Waals surface area contributed by atoms with E-state index in [2.05, 4.69) is 15.9 Å². The summed E-state index contributed by atoms with van der Waals surface area (Å²) in [6, 6.07) is -2.86. The zero-order chi connectivity index (χ0) is 19.7. The van der Waals surface area contributed by atoms with Crippen LogP contribution in [0.5, 0.6) is 0 Å². The Kier molecular flexibility index (Phi) is 0.799. The monoisotopic (exact) mass is 252 g/mol. The molecular formula is C10H13BrN2. The van der Waals surface area contributed by atoms with Crippen molar-refractivity contribution in [2.24, 2.45) is 0 Å².